The molecule has 1 saturated heterocycles. The number of carbonyl (C=O) groups excluding carboxylic acids is 2. The average molecular weight is 339 g/mol. The predicted octanol–water partition coefficient (Wildman–Crippen LogP) is 1.46. The molecule has 1 aliphatic rings. The van der Waals surface area contributed by atoms with E-state index in [4.69, 9.17) is 5.11 Å². The highest BCUT2D eigenvalue weighted by Crippen LogP contribution is 2.19. The minimum atomic E-state index is -0.960. The molecule has 1 aromatic rings. The van der Waals surface area contributed by atoms with E-state index in [1.807, 2.05) is 0 Å². The van der Waals surface area contributed by atoms with E-state index < -0.39 is 5.97 Å². The van der Waals surface area contributed by atoms with Gasteiger partial charge in [0.25, 0.3) is 0 Å². The van der Waals surface area contributed by atoms with E-state index in [0.29, 0.717) is 19.6 Å². The standard InChI is InChI=1S/C15H21N3O4S/c1-17(2)15(22)18-7-3-4-10(9-18)13(19)16-8-11-5-6-12(23-11)14(20)21/h5-6,10H,3-4,7-9H2,1-2H3,(H,16,19)(H,20,21). The van der Waals surface area contributed by atoms with Crippen LogP contribution in [0.2, 0.25) is 0 Å². The van der Waals surface area contributed by atoms with Crippen LogP contribution in [0, 0.1) is 5.92 Å². The van der Waals surface area contributed by atoms with Crippen molar-refractivity contribution < 1.29 is 19.5 Å². The topological polar surface area (TPSA) is 90.0 Å². The van der Waals surface area contributed by atoms with E-state index in [-0.39, 0.29) is 22.7 Å². The lowest BCUT2D eigenvalue weighted by Crippen LogP contribution is -2.48. The summed E-state index contributed by atoms with van der Waals surface area (Å²) >= 11 is 1.15. The first-order valence-electron chi connectivity index (χ1n) is 7.44. The van der Waals surface area contributed by atoms with Crippen molar-refractivity contribution in [3.8, 4) is 0 Å². The van der Waals surface area contributed by atoms with Crippen LogP contribution in [-0.4, -0.2) is 60.0 Å². The summed E-state index contributed by atoms with van der Waals surface area (Å²) in [5.74, 6) is -1.27. The van der Waals surface area contributed by atoms with E-state index in [2.05, 4.69) is 5.32 Å². The number of rotatable bonds is 4. The number of carboxylic acids is 1. The van der Waals surface area contributed by atoms with E-state index in [9.17, 15) is 14.4 Å². The predicted molar refractivity (Wildman–Crippen MR) is 86.5 cm³/mol. The lowest BCUT2D eigenvalue weighted by atomic mass is 9.97. The Balaban J connectivity index is 1.87. The fraction of sp³-hybridized carbons (Fsp3) is 0.533. The second-order valence-electron chi connectivity index (χ2n) is 5.75. The molecule has 1 unspecified atom stereocenters. The molecule has 8 heteroatoms. The number of carbonyl (C=O) groups is 3. The van der Waals surface area contributed by atoms with Crippen molar-refractivity contribution in [3.05, 3.63) is 21.9 Å². The number of nitrogens with one attached hydrogen (secondary N) is 1. The maximum absolute atomic E-state index is 12.3. The largest absolute Gasteiger partial charge is 0.477 e. The summed E-state index contributed by atoms with van der Waals surface area (Å²) in [5, 5.41) is 11.7. The number of amides is 3. The van der Waals surface area contributed by atoms with E-state index in [0.717, 1.165) is 29.1 Å². The van der Waals surface area contributed by atoms with Crippen LogP contribution in [0.1, 0.15) is 27.4 Å². The van der Waals surface area contributed by atoms with Gasteiger partial charge < -0.3 is 20.2 Å². The molecule has 1 atom stereocenters. The van der Waals surface area contributed by atoms with E-state index in [1.54, 1.807) is 25.1 Å². The summed E-state index contributed by atoms with van der Waals surface area (Å²) in [5.41, 5.74) is 0. The first kappa shape index (κ1) is 17.3. The highest BCUT2D eigenvalue weighted by molar-refractivity contribution is 7.13. The fourth-order valence-corrected chi connectivity index (χ4v) is 3.34. The Hall–Kier alpha value is -2.09. The van der Waals surface area contributed by atoms with Crippen LogP contribution >= 0.6 is 11.3 Å². The van der Waals surface area contributed by atoms with Crippen molar-refractivity contribution >= 4 is 29.2 Å². The first-order valence-corrected chi connectivity index (χ1v) is 8.26. The van der Waals surface area contributed by atoms with E-state index >= 15 is 0 Å². The summed E-state index contributed by atoms with van der Waals surface area (Å²) < 4.78 is 0. The molecule has 0 bridgehead atoms. The number of thiophene rings is 1. The van der Waals surface area contributed by atoms with Crippen LogP contribution in [-0.2, 0) is 11.3 Å². The summed E-state index contributed by atoms with van der Waals surface area (Å²) in [6, 6.07) is 3.16. The maximum Gasteiger partial charge on any atom is 0.345 e. The van der Waals surface area contributed by atoms with Crippen molar-refractivity contribution in [1.29, 1.82) is 0 Å². The molecule has 1 fully saturated rings. The Morgan fingerprint density at radius 3 is 2.74 bits per heavy atom. The van der Waals surface area contributed by atoms with Crippen LogP contribution < -0.4 is 5.32 Å². The number of aromatic carboxylic acids is 1. The third-order valence-electron chi connectivity index (χ3n) is 3.75. The molecular weight excluding hydrogens is 318 g/mol. The van der Waals surface area contributed by atoms with Gasteiger partial charge in [-0.25, -0.2) is 9.59 Å². The average Bonchev–Trinajstić information content (AvgIpc) is 3.01. The first-order chi connectivity index (χ1) is 10.9. The number of piperidine rings is 1. The summed E-state index contributed by atoms with van der Waals surface area (Å²) in [6.07, 6.45) is 1.56. The Morgan fingerprint density at radius 1 is 1.39 bits per heavy atom. The molecule has 0 radical (unpaired) electrons. The van der Waals surface area contributed by atoms with Gasteiger partial charge in [0.2, 0.25) is 5.91 Å². The molecule has 1 aromatic heterocycles. The quantitative estimate of drug-likeness (QED) is 0.869. The van der Waals surface area contributed by atoms with Crippen LogP contribution in [0.3, 0.4) is 0 Å². The molecule has 0 spiro atoms. The highest BCUT2D eigenvalue weighted by atomic mass is 32.1. The number of nitrogens with zero attached hydrogens (tertiary/aromatic N) is 2. The Labute approximate surface area is 138 Å². The monoisotopic (exact) mass is 339 g/mol. The minimum absolute atomic E-state index is 0.0770. The molecule has 2 N–H and O–H groups in total. The number of urea groups is 1. The number of likely N-dealkylation sites (tertiary alicyclic amines) is 1. The van der Waals surface area contributed by atoms with Crippen molar-refractivity contribution in [2.75, 3.05) is 27.2 Å². The highest BCUT2D eigenvalue weighted by Gasteiger charge is 2.29. The molecule has 1 aliphatic heterocycles. The molecule has 3 amide bonds. The lowest BCUT2D eigenvalue weighted by Gasteiger charge is -2.33. The van der Waals surface area contributed by atoms with Gasteiger partial charge in [0.15, 0.2) is 0 Å². The van der Waals surface area contributed by atoms with Gasteiger partial charge >= 0.3 is 12.0 Å². The fourth-order valence-electron chi connectivity index (χ4n) is 2.55. The second kappa shape index (κ2) is 7.45. The van der Waals surface area contributed by atoms with Gasteiger partial charge in [0.1, 0.15) is 4.88 Å². The van der Waals surface area contributed by atoms with Gasteiger partial charge in [-0.05, 0) is 25.0 Å². The molecule has 0 aliphatic carbocycles. The van der Waals surface area contributed by atoms with Gasteiger partial charge in [-0.3, -0.25) is 4.79 Å². The molecular formula is C15H21N3O4S. The Morgan fingerprint density at radius 2 is 2.13 bits per heavy atom. The van der Waals surface area contributed by atoms with Gasteiger partial charge in [0.05, 0.1) is 12.5 Å². The third kappa shape index (κ3) is 4.44. The van der Waals surface area contributed by atoms with E-state index in [1.165, 1.54) is 11.0 Å². The van der Waals surface area contributed by atoms with Crippen LogP contribution in [0.15, 0.2) is 12.1 Å². The molecule has 2 rings (SSSR count). The number of hydrogen-bond donors (Lipinski definition) is 2. The molecule has 126 valence electrons. The van der Waals surface area contributed by atoms with Gasteiger partial charge in [-0.1, -0.05) is 0 Å². The van der Waals surface area contributed by atoms with Crippen molar-refractivity contribution in [1.82, 2.24) is 15.1 Å². The number of hydrogen-bond acceptors (Lipinski definition) is 4. The second-order valence-corrected chi connectivity index (χ2v) is 6.92. The lowest BCUT2D eigenvalue weighted by molar-refractivity contribution is -0.126. The van der Waals surface area contributed by atoms with Crippen molar-refractivity contribution in [2.45, 2.75) is 19.4 Å². The normalized spacial score (nSPS) is 17.7. The summed E-state index contributed by atoms with van der Waals surface area (Å²) in [6.45, 7) is 1.41. The van der Waals surface area contributed by atoms with Gasteiger partial charge in [-0.2, -0.15) is 0 Å². The minimum Gasteiger partial charge on any atom is -0.477 e. The Bertz CT molecular complexity index is 599. The van der Waals surface area contributed by atoms with Crippen LogP contribution in [0.25, 0.3) is 0 Å². The smallest absolute Gasteiger partial charge is 0.345 e. The van der Waals surface area contributed by atoms with Crippen LogP contribution in [0.4, 0.5) is 4.79 Å². The third-order valence-corrected chi connectivity index (χ3v) is 4.83. The number of carboxylic acid groups (broad SMARTS) is 1. The van der Waals surface area contributed by atoms with Gasteiger partial charge in [-0.15, -0.1) is 11.3 Å². The van der Waals surface area contributed by atoms with Crippen molar-refractivity contribution in [3.63, 3.8) is 0 Å². The molecule has 0 aromatic carbocycles. The zero-order chi connectivity index (χ0) is 17.0. The molecule has 23 heavy (non-hydrogen) atoms. The zero-order valence-corrected chi connectivity index (χ0v) is 14.1. The van der Waals surface area contributed by atoms with Gasteiger partial charge in [0, 0.05) is 32.1 Å². The summed E-state index contributed by atoms with van der Waals surface area (Å²) in [7, 11) is 3.39. The van der Waals surface area contributed by atoms with Crippen molar-refractivity contribution in [2.24, 2.45) is 5.92 Å². The van der Waals surface area contributed by atoms with Crippen LogP contribution in [0.5, 0.6) is 0 Å². The molecule has 7 nitrogen and oxygen atoms in total. The Kier molecular flexibility index (Phi) is 5.59. The maximum atomic E-state index is 12.3. The zero-order valence-electron chi connectivity index (χ0n) is 13.2. The SMILES string of the molecule is CN(C)C(=O)N1CCCC(C(=O)NCc2ccc(C(=O)O)s2)C1. The molecule has 0 saturated carbocycles. The summed E-state index contributed by atoms with van der Waals surface area (Å²) in [4.78, 5) is 39.4. The molecule has 2 heterocycles.